The Morgan fingerprint density at radius 2 is 2.22 bits per heavy atom. The van der Waals surface area contributed by atoms with Gasteiger partial charge in [0.15, 0.2) is 0 Å². The molecule has 102 valence electrons. The highest BCUT2D eigenvalue weighted by Crippen LogP contribution is 2.26. The third-order valence-electron chi connectivity index (χ3n) is 3.23. The van der Waals surface area contributed by atoms with E-state index in [1.165, 1.54) is 7.11 Å². The van der Waals surface area contributed by atoms with Gasteiger partial charge < -0.3 is 15.0 Å². The van der Waals surface area contributed by atoms with Gasteiger partial charge in [-0.2, -0.15) is 0 Å². The van der Waals surface area contributed by atoms with E-state index >= 15 is 0 Å². The number of ether oxygens (including phenoxy) is 1. The molecule has 0 aliphatic carbocycles. The molecule has 2 atom stereocenters. The fourth-order valence-corrected chi connectivity index (χ4v) is 2.06. The van der Waals surface area contributed by atoms with Crippen LogP contribution in [-0.4, -0.2) is 28.7 Å². The summed E-state index contributed by atoms with van der Waals surface area (Å²) in [6, 6.07) is 0.227. The Labute approximate surface area is 108 Å². The van der Waals surface area contributed by atoms with Crippen LogP contribution in [0.15, 0.2) is 12.5 Å². The highest BCUT2D eigenvalue weighted by Gasteiger charge is 2.25. The number of imidazole rings is 1. The number of nitrogens with two attached hydrogens (primary N) is 1. The Morgan fingerprint density at radius 3 is 2.72 bits per heavy atom. The Kier molecular flexibility index (Phi) is 5.34. The zero-order chi connectivity index (χ0) is 13.7. The molecule has 5 heteroatoms. The molecule has 1 aromatic heterocycles. The van der Waals surface area contributed by atoms with Crippen LogP contribution in [-0.2, 0) is 9.53 Å². The fraction of sp³-hybridized carbons (Fsp3) is 0.692. The van der Waals surface area contributed by atoms with Gasteiger partial charge >= 0.3 is 5.97 Å². The number of hydrogen-bond donors (Lipinski definition) is 1. The second-order valence-corrected chi connectivity index (χ2v) is 4.78. The van der Waals surface area contributed by atoms with Crippen molar-refractivity contribution in [3.05, 3.63) is 18.2 Å². The molecule has 0 aliphatic rings. The minimum absolute atomic E-state index is 0.0488. The van der Waals surface area contributed by atoms with Crippen LogP contribution >= 0.6 is 0 Å². The average Bonchev–Trinajstić information content (AvgIpc) is 2.83. The normalized spacial score (nSPS) is 14.6. The van der Waals surface area contributed by atoms with Crippen molar-refractivity contribution in [2.75, 3.05) is 7.11 Å². The topological polar surface area (TPSA) is 70.1 Å². The standard InChI is InChI=1S/C13H23N3O2/c1-5-11(14)10(6-13(17)18-4)12-7-15-8-16(12)9(2)3/h7-11H,5-6,14H2,1-4H3. The van der Waals surface area contributed by atoms with E-state index in [0.717, 1.165) is 12.1 Å². The minimum Gasteiger partial charge on any atom is -0.469 e. The number of esters is 1. The second kappa shape index (κ2) is 6.54. The third kappa shape index (κ3) is 3.32. The van der Waals surface area contributed by atoms with Crippen LogP contribution in [0.1, 0.15) is 51.3 Å². The van der Waals surface area contributed by atoms with Crippen molar-refractivity contribution in [1.29, 1.82) is 0 Å². The summed E-state index contributed by atoms with van der Waals surface area (Å²) < 4.78 is 6.81. The van der Waals surface area contributed by atoms with Gasteiger partial charge in [-0.3, -0.25) is 4.79 Å². The number of carbonyl (C=O) groups excluding carboxylic acids is 1. The van der Waals surface area contributed by atoms with Crippen molar-refractivity contribution in [1.82, 2.24) is 9.55 Å². The van der Waals surface area contributed by atoms with E-state index in [1.54, 1.807) is 12.5 Å². The first-order chi connectivity index (χ1) is 8.51. The first-order valence-electron chi connectivity index (χ1n) is 6.35. The smallest absolute Gasteiger partial charge is 0.306 e. The first-order valence-corrected chi connectivity index (χ1v) is 6.35. The Balaban J connectivity index is 3.01. The number of rotatable bonds is 6. The summed E-state index contributed by atoms with van der Waals surface area (Å²) in [7, 11) is 1.40. The van der Waals surface area contributed by atoms with Gasteiger partial charge in [0.2, 0.25) is 0 Å². The fourth-order valence-electron chi connectivity index (χ4n) is 2.06. The van der Waals surface area contributed by atoms with Gasteiger partial charge in [0, 0.05) is 29.9 Å². The molecule has 0 aromatic carbocycles. The molecule has 0 radical (unpaired) electrons. The largest absolute Gasteiger partial charge is 0.469 e. The maximum atomic E-state index is 11.5. The van der Waals surface area contributed by atoms with Crippen molar-refractivity contribution in [2.45, 2.75) is 51.6 Å². The molecule has 0 fully saturated rings. The van der Waals surface area contributed by atoms with Gasteiger partial charge in [-0.1, -0.05) is 6.92 Å². The van der Waals surface area contributed by atoms with Crippen LogP contribution < -0.4 is 5.73 Å². The molecule has 2 unspecified atom stereocenters. The van der Waals surface area contributed by atoms with Crippen molar-refractivity contribution in [2.24, 2.45) is 5.73 Å². The van der Waals surface area contributed by atoms with Crippen molar-refractivity contribution in [3.8, 4) is 0 Å². The summed E-state index contributed by atoms with van der Waals surface area (Å²) in [6.07, 6.45) is 4.69. The van der Waals surface area contributed by atoms with E-state index in [2.05, 4.69) is 23.4 Å². The van der Waals surface area contributed by atoms with Gasteiger partial charge in [0.25, 0.3) is 0 Å². The molecule has 1 rings (SSSR count). The van der Waals surface area contributed by atoms with E-state index in [-0.39, 0.29) is 17.9 Å². The minimum atomic E-state index is -0.236. The van der Waals surface area contributed by atoms with Crippen molar-refractivity contribution < 1.29 is 9.53 Å². The van der Waals surface area contributed by atoms with Crippen LogP contribution in [0.3, 0.4) is 0 Å². The molecule has 0 spiro atoms. The number of aromatic nitrogens is 2. The molecular weight excluding hydrogens is 230 g/mol. The maximum Gasteiger partial charge on any atom is 0.306 e. The Morgan fingerprint density at radius 1 is 1.56 bits per heavy atom. The molecule has 0 aliphatic heterocycles. The number of methoxy groups -OCH3 is 1. The summed E-state index contributed by atoms with van der Waals surface area (Å²) in [4.78, 5) is 15.7. The molecule has 1 aromatic rings. The zero-order valence-corrected chi connectivity index (χ0v) is 11.6. The zero-order valence-electron chi connectivity index (χ0n) is 11.6. The second-order valence-electron chi connectivity index (χ2n) is 4.78. The lowest BCUT2D eigenvalue weighted by Gasteiger charge is -2.24. The van der Waals surface area contributed by atoms with Crippen LogP contribution in [0.4, 0.5) is 0 Å². The predicted molar refractivity (Wildman–Crippen MR) is 70.3 cm³/mol. The maximum absolute atomic E-state index is 11.5. The van der Waals surface area contributed by atoms with Gasteiger partial charge in [0.1, 0.15) is 0 Å². The quantitative estimate of drug-likeness (QED) is 0.785. The predicted octanol–water partition coefficient (Wildman–Crippen LogP) is 1.85. The molecule has 2 N–H and O–H groups in total. The number of hydrogen-bond acceptors (Lipinski definition) is 4. The van der Waals surface area contributed by atoms with Crippen molar-refractivity contribution >= 4 is 5.97 Å². The van der Waals surface area contributed by atoms with E-state index in [0.29, 0.717) is 12.5 Å². The number of nitrogens with zero attached hydrogens (tertiary/aromatic N) is 2. The number of carbonyl (C=O) groups is 1. The molecule has 5 nitrogen and oxygen atoms in total. The summed E-state index contributed by atoms with van der Waals surface area (Å²) >= 11 is 0. The summed E-state index contributed by atoms with van der Waals surface area (Å²) in [5, 5.41) is 0. The van der Waals surface area contributed by atoms with E-state index < -0.39 is 0 Å². The molecule has 1 heterocycles. The lowest BCUT2D eigenvalue weighted by atomic mass is 9.91. The summed E-state index contributed by atoms with van der Waals surface area (Å²) in [5.74, 6) is -0.284. The SMILES string of the molecule is CCC(N)C(CC(=O)OC)c1cncn1C(C)C. The molecule has 18 heavy (non-hydrogen) atoms. The van der Waals surface area contributed by atoms with Crippen molar-refractivity contribution in [3.63, 3.8) is 0 Å². The highest BCUT2D eigenvalue weighted by atomic mass is 16.5. The van der Waals surface area contributed by atoms with Crippen LogP contribution in [0.2, 0.25) is 0 Å². The van der Waals surface area contributed by atoms with Gasteiger partial charge in [-0.25, -0.2) is 4.98 Å². The first kappa shape index (κ1) is 14.7. The van der Waals surface area contributed by atoms with Gasteiger partial charge in [0.05, 0.1) is 19.9 Å². The molecule has 0 amide bonds. The van der Waals surface area contributed by atoms with E-state index in [1.807, 2.05) is 6.92 Å². The molecule has 0 saturated carbocycles. The van der Waals surface area contributed by atoms with Gasteiger partial charge in [-0.15, -0.1) is 0 Å². The highest BCUT2D eigenvalue weighted by molar-refractivity contribution is 5.70. The van der Waals surface area contributed by atoms with E-state index in [4.69, 9.17) is 10.5 Å². The summed E-state index contributed by atoms with van der Waals surface area (Å²) in [6.45, 7) is 6.18. The van der Waals surface area contributed by atoms with E-state index in [9.17, 15) is 4.79 Å². The van der Waals surface area contributed by atoms with Gasteiger partial charge in [-0.05, 0) is 20.3 Å². The molecule has 0 bridgehead atoms. The third-order valence-corrected chi connectivity index (χ3v) is 3.23. The molecular formula is C13H23N3O2. The lowest BCUT2D eigenvalue weighted by molar-refractivity contribution is -0.141. The Bertz CT molecular complexity index is 387. The Hall–Kier alpha value is -1.36. The van der Waals surface area contributed by atoms with Crippen LogP contribution in [0.25, 0.3) is 0 Å². The lowest BCUT2D eigenvalue weighted by Crippen LogP contribution is -2.31. The van der Waals surface area contributed by atoms with Crippen LogP contribution in [0, 0.1) is 0 Å². The monoisotopic (exact) mass is 253 g/mol. The molecule has 0 saturated heterocycles. The summed E-state index contributed by atoms with van der Waals surface area (Å²) in [5.41, 5.74) is 7.14. The van der Waals surface area contributed by atoms with Crippen LogP contribution in [0.5, 0.6) is 0 Å². The average molecular weight is 253 g/mol.